The second kappa shape index (κ2) is 5.00. The van der Waals surface area contributed by atoms with Gasteiger partial charge in [0.2, 0.25) is 0 Å². The highest BCUT2D eigenvalue weighted by atomic mass is 16.4. The number of carbonyl (C=O) groups excluding carboxylic acids is 1. The first-order chi connectivity index (χ1) is 7.06. The topological polar surface area (TPSA) is 69.6 Å². The molecule has 86 valence electrons. The average molecular weight is 214 g/mol. The highest BCUT2D eigenvalue weighted by molar-refractivity contribution is 5.82. The molecule has 0 aliphatic heterocycles. The molecule has 0 aromatic rings. The van der Waals surface area contributed by atoms with Crippen LogP contribution in [0.5, 0.6) is 0 Å². The lowest BCUT2D eigenvalue weighted by Gasteiger charge is -2.23. The number of nitrogens with zero attached hydrogens (tertiary/aromatic N) is 1. The Labute approximate surface area is 89.4 Å². The molecule has 0 spiro atoms. The Bertz CT molecular complexity index is 251. The average Bonchev–Trinajstić information content (AvgIpc) is 2.97. The van der Waals surface area contributed by atoms with Crippen LogP contribution in [0.15, 0.2) is 0 Å². The van der Waals surface area contributed by atoms with Gasteiger partial charge in [0.15, 0.2) is 0 Å². The number of carboxylic acids is 1. The molecule has 5 nitrogen and oxygen atoms in total. The summed E-state index contributed by atoms with van der Waals surface area (Å²) in [5.74, 6) is -1.00. The van der Waals surface area contributed by atoms with Crippen molar-refractivity contribution in [3.63, 3.8) is 0 Å². The van der Waals surface area contributed by atoms with Crippen LogP contribution in [0.1, 0.15) is 33.1 Å². The maximum Gasteiger partial charge on any atom is 0.325 e. The number of carboxylic acid groups (broad SMARTS) is 1. The zero-order valence-corrected chi connectivity index (χ0v) is 9.19. The summed E-state index contributed by atoms with van der Waals surface area (Å²) in [5, 5.41) is 11.1. The molecule has 15 heavy (non-hydrogen) atoms. The van der Waals surface area contributed by atoms with E-state index in [4.69, 9.17) is 5.11 Å². The molecule has 0 heterocycles. The lowest BCUT2D eigenvalue weighted by Crippen LogP contribution is -2.47. The van der Waals surface area contributed by atoms with Gasteiger partial charge < -0.3 is 15.3 Å². The molecule has 1 atom stereocenters. The minimum Gasteiger partial charge on any atom is -0.480 e. The van der Waals surface area contributed by atoms with E-state index in [9.17, 15) is 9.59 Å². The third kappa shape index (κ3) is 3.42. The van der Waals surface area contributed by atoms with Gasteiger partial charge in [-0.3, -0.25) is 4.79 Å². The van der Waals surface area contributed by atoms with Gasteiger partial charge in [-0.2, -0.15) is 0 Å². The normalized spacial score (nSPS) is 16.9. The number of hydrogen-bond acceptors (Lipinski definition) is 2. The summed E-state index contributed by atoms with van der Waals surface area (Å²) in [5.41, 5.74) is 0. The predicted molar refractivity (Wildman–Crippen MR) is 55.6 cm³/mol. The van der Waals surface area contributed by atoms with Crippen LogP contribution in [0.4, 0.5) is 4.79 Å². The summed E-state index contributed by atoms with van der Waals surface area (Å²) in [6.07, 6.45) is 2.97. The Morgan fingerprint density at radius 2 is 2.13 bits per heavy atom. The summed E-state index contributed by atoms with van der Waals surface area (Å²) in [6, 6.07) is -0.754. The van der Waals surface area contributed by atoms with Gasteiger partial charge in [-0.25, -0.2) is 4.79 Å². The van der Waals surface area contributed by atoms with Crippen LogP contribution < -0.4 is 5.32 Å². The van der Waals surface area contributed by atoms with Crippen molar-refractivity contribution in [1.82, 2.24) is 10.2 Å². The molecule has 1 aliphatic rings. The molecular weight excluding hydrogens is 196 g/mol. The monoisotopic (exact) mass is 214 g/mol. The van der Waals surface area contributed by atoms with E-state index < -0.39 is 12.0 Å². The van der Waals surface area contributed by atoms with Crippen LogP contribution in [0.3, 0.4) is 0 Å². The van der Waals surface area contributed by atoms with Crippen molar-refractivity contribution in [2.24, 2.45) is 0 Å². The van der Waals surface area contributed by atoms with Gasteiger partial charge >= 0.3 is 12.0 Å². The maximum atomic E-state index is 11.7. The summed E-state index contributed by atoms with van der Waals surface area (Å²) in [6.45, 7) is 4.17. The third-order valence-corrected chi connectivity index (χ3v) is 2.42. The van der Waals surface area contributed by atoms with Crippen molar-refractivity contribution in [3.8, 4) is 0 Å². The largest absolute Gasteiger partial charge is 0.480 e. The Kier molecular flexibility index (Phi) is 3.94. The number of amides is 2. The van der Waals surface area contributed by atoms with Crippen molar-refractivity contribution in [1.29, 1.82) is 0 Å². The fourth-order valence-electron chi connectivity index (χ4n) is 1.41. The van der Waals surface area contributed by atoms with E-state index in [1.807, 2.05) is 6.92 Å². The van der Waals surface area contributed by atoms with Crippen LogP contribution in [-0.2, 0) is 4.79 Å². The zero-order valence-electron chi connectivity index (χ0n) is 9.19. The smallest absolute Gasteiger partial charge is 0.325 e. The van der Waals surface area contributed by atoms with Crippen molar-refractivity contribution in [2.45, 2.75) is 45.2 Å². The van der Waals surface area contributed by atoms with Gasteiger partial charge in [0.25, 0.3) is 0 Å². The van der Waals surface area contributed by atoms with Crippen LogP contribution >= 0.6 is 0 Å². The second-order valence-electron chi connectivity index (χ2n) is 3.93. The van der Waals surface area contributed by atoms with Gasteiger partial charge in [-0.15, -0.1) is 0 Å². The van der Waals surface area contributed by atoms with E-state index in [-0.39, 0.29) is 6.03 Å². The van der Waals surface area contributed by atoms with E-state index in [1.165, 1.54) is 6.92 Å². The standard InChI is InChI=1S/C10H18N2O3/c1-3-6-12(8-4-5-8)10(15)11-7(2)9(13)14/h7-8H,3-6H2,1-2H3,(H,11,15)(H,13,14)/t7-/m1/s1. The van der Waals surface area contributed by atoms with Gasteiger partial charge in [-0.1, -0.05) is 6.92 Å². The van der Waals surface area contributed by atoms with Crippen LogP contribution in [0.2, 0.25) is 0 Å². The molecule has 0 saturated heterocycles. The first-order valence-electron chi connectivity index (χ1n) is 5.36. The van der Waals surface area contributed by atoms with Gasteiger partial charge in [-0.05, 0) is 26.2 Å². The SMILES string of the molecule is CCCN(C(=O)N[C@H](C)C(=O)O)C1CC1. The van der Waals surface area contributed by atoms with Crippen LogP contribution in [0.25, 0.3) is 0 Å². The minimum atomic E-state index is -1.00. The molecule has 0 aromatic carbocycles. The summed E-state index contributed by atoms with van der Waals surface area (Å²) in [4.78, 5) is 24.0. The minimum absolute atomic E-state index is 0.255. The molecule has 2 amide bonds. The molecule has 1 aliphatic carbocycles. The number of nitrogens with one attached hydrogen (secondary N) is 1. The molecule has 2 N–H and O–H groups in total. The highest BCUT2D eigenvalue weighted by Crippen LogP contribution is 2.26. The van der Waals surface area contributed by atoms with E-state index in [0.29, 0.717) is 12.6 Å². The van der Waals surface area contributed by atoms with Gasteiger partial charge in [0.1, 0.15) is 6.04 Å². The quantitative estimate of drug-likeness (QED) is 0.718. The number of aliphatic carboxylic acids is 1. The van der Waals surface area contributed by atoms with Crippen molar-refractivity contribution < 1.29 is 14.7 Å². The van der Waals surface area contributed by atoms with E-state index in [2.05, 4.69) is 5.32 Å². The maximum absolute atomic E-state index is 11.7. The molecule has 0 bridgehead atoms. The van der Waals surface area contributed by atoms with Crippen LogP contribution in [-0.4, -0.2) is 40.6 Å². The molecule has 0 unspecified atom stereocenters. The first-order valence-corrected chi connectivity index (χ1v) is 5.36. The third-order valence-electron chi connectivity index (χ3n) is 2.42. The summed E-state index contributed by atoms with van der Waals surface area (Å²) in [7, 11) is 0. The Morgan fingerprint density at radius 3 is 2.53 bits per heavy atom. The first kappa shape index (κ1) is 11.8. The molecular formula is C10H18N2O3. The molecule has 0 radical (unpaired) electrons. The number of hydrogen-bond donors (Lipinski definition) is 2. The summed E-state index contributed by atoms with van der Waals surface area (Å²) < 4.78 is 0. The Morgan fingerprint density at radius 1 is 1.53 bits per heavy atom. The lowest BCUT2D eigenvalue weighted by atomic mass is 10.3. The van der Waals surface area contributed by atoms with E-state index >= 15 is 0 Å². The fraction of sp³-hybridized carbons (Fsp3) is 0.800. The number of urea groups is 1. The Balaban J connectivity index is 2.45. The van der Waals surface area contributed by atoms with E-state index in [1.54, 1.807) is 4.90 Å². The van der Waals surface area contributed by atoms with Crippen molar-refractivity contribution >= 4 is 12.0 Å². The molecule has 0 aromatic heterocycles. The summed E-state index contributed by atoms with van der Waals surface area (Å²) >= 11 is 0. The predicted octanol–water partition coefficient (Wildman–Crippen LogP) is 1.04. The number of rotatable bonds is 5. The van der Waals surface area contributed by atoms with Crippen molar-refractivity contribution in [3.05, 3.63) is 0 Å². The van der Waals surface area contributed by atoms with Crippen molar-refractivity contribution in [2.75, 3.05) is 6.54 Å². The second-order valence-corrected chi connectivity index (χ2v) is 3.93. The van der Waals surface area contributed by atoms with Crippen LogP contribution in [0, 0.1) is 0 Å². The van der Waals surface area contributed by atoms with Gasteiger partial charge in [0.05, 0.1) is 0 Å². The number of carbonyl (C=O) groups is 2. The van der Waals surface area contributed by atoms with Gasteiger partial charge in [0, 0.05) is 12.6 Å². The Hall–Kier alpha value is -1.26. The molecule has 1 rings (SSSR count). The molecule has 1 fully saturated rings. The fourth-order valence-corrected chi connectivity index (χ4v) is 1.41. The molecule has 1 saturated carbocycles. The van der Waals surface area contributed by atoms with E-state index in [0.717, 1.165) is 19.3 Å². The lowest BCUT2D eigenvalue weighted by molar-refractivity contribution is -0.138. The molecule has 5 heteroatoms. The zero-order chi connectivity index (χ0) is 11.4. The highest BCUT2D eigenvalue weighted by Gasteiger charge is 2.32.